The number of hydrogen-bond acceptors (Lipinski definition) is 5. The predicted octanol–water partition coefficient (Wildman–Crippen LogP) is 4.78. The third-order valence-corrected chi connectivity index (χ3v) is 4.71. The molecule has 30 heavy (non-hydrogen) atoms. The Balaban J connectivity index is 2.01. The molecule has 0 spiro atoms. The third kappa shape index (κ3) is 4.97. The molecular weight excluding hydrogens is 404 g/mol. The molecule has 0 atom stereocenters. The molecule has 0 aliphatic carbocycles. The van der Waals surface area contributed by atoms with Gasteiger partial charge in [0.1, 0.15) is 11.3 Å². The monoisotopic (exact) mass is 426 g/mol. The van der Waals surface area contributed by atoms with Gasteiger partial charge in [0.25, 0.3) is 0 Å². The van der Waals surface area contributed by atoms with E-state index in [-0.39, 0.29) is 13.2 Å². The molecule has 0 unspecified atom stereocenters. The first-order chi connectivity index (χ1) is 14.6. The molecule has 2 aromatic carbocycles. The summed E-state index contributed by atoms with van der Waals surface area (Å²) in [6.07, 6.45) is 4.01. The molecule has 0 bridgehead atoms. The van der Waals surface area contributed by atoms with Crippen LogP contribution in [0.15, 0.2) is 48.5 Å². The summed E-state index contributed by atoms with van der Waals surface area (Å²) in [5, 5.41) is 5.30. The molecule has 0 aliphatic rings. The van der Waals surface area contributed by atoms with Crippen molar-refractivity contribution in [1.29, 1.82) is 0 Å². The van der Waals surface area contributed by atoms with Crippen LogP contribution in [-0.2, 0) is 27.4 Å². The zero-order valence-corrected chi connectivity index (χ0v) is 17.8. The third-order valence-electron chi connectivity index (χ3n) is 4.46. The Morgan fingerprint density at radius 3 is 2.37 bits per heavy atom. The van der Waals surface area contributed by atoms with E-state index >= 15 is 0 Å². The molecule has 7 heteroatoms. The number of methoxy groups -OCH3 is 3. The van der Waals surface area contributed by atoms with Crippen LogP contribution in [0.25, 0.3) is 17.8 Å². The second kappa shape index (κ2) is 10.2. The van der Waals surface area contributed by atoms with Gasteiger partial charge in [0, 0.05) is 19.2 Å². The zero-order valence-electron chi connectivity index (χ0n) is 17.1. The number of nitrogens with zero attached hydrogens (tertiary/aromatic N) is 2. The molecule has 6 nitrogen and oxygen atoms in total. The van der Waals surface area contributed by atoms with Crippen molar-refractivity contribution in [3.63, 3.8) is 0 Å². The highest BCUT2D eigenvalue weighted by Crippen LogP contribution is 2.23. The van der Waals surface area contributed by atoms with E-state index in [1.54, 1.807) is 18.9 Å². The van der Waals surface area contributed by atoms with Crippen LogP contribution >= 0.6 is 11.6 Å². The largest absolute Gasteiger partial charge is 0.465 e. The fraction of sp³-hybridized carbons (Fsp3) is 0.217. The van der Waals surface area contributed by atoms with Gasteiger partial charge in [0.2, 0.25) is 0 Å². The molecule has 3 aromatic rings. The van der Waals surface area contributed by atoms with Gasteiger partial charge in [-0.3, -0.25) is 0 Å². The van der Waals surface area contributed by atoms with Crippen LogP contribution in [0.5, 0.6) is 0 Å². The quantitative estimate of drug-likeness (QED) is 0.383. The van der Waals surface area contributed by atoms with Crippen LogP contribution in [0.1, 0.15) is 32.9 Å². The Hall–Kier alpha value is -2.93. The van der Waals surface area contributed by atoms with Gasteiger partial charge in [0.05, 0.1) is 31.7 Å². The number of rotatable bonds is 8. The maximum absolute atomic E-state index is 12.4. The van der Waals surface area contributed by atoms with Crippen molar-refractivity contribution in [3.8, 4) is 5.69 Å². The summed E-state index contributed by atoms with van der Waals surface area (Å²) in [7, 11) is 4.47. The first-order valence-electron chi connectivity index (χ1n) is 9.28. The van der Waals surface area contributed by atoms with Crippen LogP contribution in [0.3, 0.4) is 0 Å². The van der Waals surface area contributed by atoms with Crippen molar-refractivity contribution < 1.29 is 19.0 Å². The fourth-order valence-corrected chi connectivity index (χ4v) is 3.22. The number of benzene rings is 2. The highest BCUT2D eigenvalue weighted by molar-refractivity contribution is 6.30. The minimum absolute atomic E-state index is 0.185. The van der Waals surface area contributed by atoms with Crippen molar-refractivity contribution in [1.82, 2.24) is 9.78 Å². The Labute approximate surface area is 180 Å². The Bertz CT molecular complexity index is 1040. The molecule has 3 rings (SSSR count). The average molecular weight is 427 g/mol. The summed E-state index contributed by atoms with van der Waals surface area (Å²) in [4.78, 5) is 12.4. The van der Waals surface area contributed by atoms with E-state index in [1.165, 1.54) is 7.11 Å². The van der Waals surface area contributed by atoms with E-state index < -0.39 is 5.97 Å². The summed E-state index contributed by atoms with van der Waals surface area (Å²) in [6.45, 7) is 0.385. The lowest BCUT2D eigenvalue weighted by Gasteiger charge is -2.09. The second-order valence-electron chi connectivity index (χ2n) is 6.52. The molecule has 0 saturated carbocycles. The van der Waals surface area contributed by atoms with Gasteiger partial charge in [-0.2, -0.15) is 5.10 Å². The highest BCUT2D eigenvalue weighted by Gasteiger charge is 2.25. The number of ether oxygens (including phenoxy) is 3. The maximum Gasteiger partial charge on any atom is 0.341 e. The highest BCUT2D eigenvalue weighted by atomic mass is 35.5. The van der Waals surface area contributed by atoms with Gasteiger partial charge in [-0.25, -0.2) is 9.48 Å². The standard InChI is InChI=1S/C23H23ClN2O4/c1-28-14-20-22(23(27)30-3)21(15-29-2)26(25-20)19-6-4-5-17(13-19)8-7-16-9-11-18(24)12-10-16/h4-13H,14-15H2,1-3H3/b8-7+. The predicted molar refractivity (Wildman–Crippen MR) is 117 cm³/mol. The van der Waals surface area contributed by atoms with Gasteiger partial charge in [-0.1, -0.05) is 48.0 Å². The van der Waals surface area contributed by atoms with Gasteiger partial charge in [0.15, 0.2) is 0 Å². The Morgan fingerprint density at radius 1 is 1.00 bits per heavy atom. The number of carbonyl (C=O) groups excluding carboxylic acids is 1. The smallest absolute Gasteiger partial charge is 0.341 e. The average Bonchev–Trinajstić information content (AvgIpc) is 3.11. The maximum atomic E-state index is 12.4. The molecular formula is C23H23ClN2O4. The molecule has 1 heterocycles. The van der Waals surface area contributed by atoms with Crippen molar-refractivity contribution in [2.75, 3.05) is 21.3 Å². The van der Waals surface area contributed by atoms with Gasteiger partial charge in [-0.05, 0) is 35.4 Å². The number of halogens is 1. The lowest BCUT2D eigenvalue weighted by molar-refractivity contribution is 0.0590. The van der Waals surface area contributed by atoms with Gasteiger partial charge in [-0.15, -0.1) is 0 Å². The Kier molecular flexibility index (Phi) is 7.41. The molecule has 0 saturated heterocycles. The SMILES string of the molecule is COCc1nn(-c2cccc(/C=C/c3ccc(Cl)cc3)c2)c(COC)c1C(=O)OC. The number of aromatic nitrogens is 2. The summed E-state index contributed by atoms with van der Waals surface area (Å²) >= 11 is 5.94. The number of carbonyl (C=O) groups is 1. The topological polar surface area (TPSA) is 62.6 Å². The van der Waals surface area contributed by atoms with Crippen LogP contribution in [-0.4, -0.2) is 37.1 Å². The fourth-order valence-electron chi connectivity index (χ4n) is 3.09. The molecule has 156 valence electrons. The first kappa shape index (κ1) is 21.8. The van der Waals surface area contributed by atoms with Crippen LogP contribution in [0.2, 0.25) is 5.02 Å². The Morgan fingerprint density at radius 2 is 1.70 bits per heavy atom. The van der Waals surface area contributed by atoms with Crippen LogP contribution in [0.4, 0.5) is 0 Å². The van der Waals surface area contributed by atoms with E-state index in [2.05, 4.69) is 5.10 Å². The molecule has 0 radical (unpaired) electrons. The summed E-state index contributed by atoms with van der Waals surface area (Å²) < 4.78 is 17.2. The van der Waals surface area contributed by atoms with Crippen molar-refractivity contribution in [2.24, 2.45) is 0 Å². The van der Waals surface area contributed by atoms with E-state index in [0.29, 0.717) is 22.0 Å². The van der Waals surface area contributed by atoms with Gasteiger partial charge < -0.3 is 14.2 Å². The molecule has 0 fully saturated rings. The molecule has 0 aliphatic heterocycles. The summed E-state index contributed by atoms with van der Waals surface area (Å²) in [5.74, 6) is -0.473. The molecule has 0 amide bonds. The summed E-state index contributed by atoms with van der Waals surface area (Å²) in [5.41, 5.74) is 4.29. The van der Waals surface area contributed by atoms with Crippen LogP contribution in [0, 0.1) is 0 Å². The lowest BCUT2D eigenvalue weighted by Crippen LogP contribution is -2.10. The van der Waals surface area contributed by atoms with Gasteiger partial charge >= 0.3 is 5.97 Å². The van der Waals surface area contributed by atoms with E-state index in [9.17, 15) is 4.79 Å². The van der Waals surface area contributed by atoms with Crippen molar-refractivity contribution >= 4 is 29.7 Å². The number of esters is 1. The lowest BCUT2D eigenvalue weighted by atomic mass is 10.1. The van der Waals surface area contributed by atoms with Crippen molar-refractivity contribution in [2.45, 2.75) is 13.2 Å². The first-order valence-corrected chi connectivity index (χ1v) is 9.66. The molecule has 1 aromatic heterocycles. The summed E-state index contributed by atoms with van der Waals surface area (Å²) in [6, 6.07) is 15.4. The number of hydrogen-bond donors (Lipinski definition) is 0. The van der Waals surface area contributed by atoms with E-state index in [4.69, 9.17) is 25.8 Å². The zero-order chi connectivity index (χ0) is 21.5. The second-order valence-corrected chi connectivity index (χ2v) is 6.95. The van der Waals surface area contributed by atoms with Crippen molar-refractivity contribution in [3.05, 3.63) is 81.6 Å². The van der Waals surface area contributed by atoms with E-state index in [1.807, 2.05) is 60.7 Å². The van der Waals surface area contributed by atoms with E-state index in [0.717, 1.165) is 16.8 Å². The molecule has 0 N–H and O–H groups in total. The minimum atomic E-state index is -0.473. The normalized spacial score (nSPS) is 11.2. The minimum Gasteiger partial charge on any atom is -0.465 e. The van der Waals surface area contributed by atoms with Crippen LogP contribution < -0.4 is 0 Å².